The number of aromatic nitrogens is 1. The summed E-state index contributed by atoms with van der Waals surface area (Å²) in [5.74, 6) is -0.527. The maximum Gasteiger partial charge on any atom is 0.266 e. The standard InChI is InChI=1S/C17H12N2O2S/c1-2-15-18-13-8-7-10(9-14(13)22-15)19-16(20)11-5-3-4-6-12(11)17(19)21/h3-9H,2H2,1H3. The van der Waals surface area contributed by atoms with Crippen LogP contribution >= 0.6 is 11.3 Å². The molecule has 1 aromatic heterocycles. The fraction of sp³-hybridized carbons (Fsp3) is 0.118. The number of imide groups is 1. The first-order valence-corrected chi connectivity index (χ1v) is 7.88. The van der Waals surface area contributed by atoms with Crippen molar-refractivity contribution in [3.05, 3.63) is 58.6 Å². The van der Waals surface area contributed by atoms with Crippen molar-refractivity contribution in [2.45, 2.75) is 13.3 Å². The van der Waals surface area contributed by atoms with Crippen molar-refractivity contribution in [3.8, 4) is 0 Å². The average molecular weight is 308 g/mol. The Morgan fingerprint density at radius 3 is 2.36 bits per heavy atom. The largest absolute Gasteiger partial charge is 0.268 e. The number of aryl methyl sites for hydroxylation is 1. The molecule has 22 heavy (non-hydrogen) atoms. The number of fused-ring (bicyclic) bond motifs is 2. The van der Waals surface area contributed by atoms with Crippen molar-refractivity contribution in [2.24, 2.45) is 0 Å². The van der Waals surface area contributed by atoms with Crippen LogP contribution in [-0.4, -0.2) is 16.8 Å². The van der Waals surface area contributed by atoms with Crippen LogP contribution in [0.1, 0.15) is 32.6 Å². The monoisotopic (exact) mass is 308 g/mol. The van der Waals surface area contributed by atoms with Crippen molar-refractivity contribution in [1.29, 1.82) is 0 Å². The average Bonchev–Trinajstić information content (AvgIpc) is 3.07. The fourth-order valence-electron chi connectivity index (χ4n) is 2.68. The van der Waals surface area contributed by atoms with E-state index in [9.17, 15) is 9.59 Å². The first kappa shape index (κ1) is 13.2. The minimum atomic E-state index is -0.264. The molecule has 0 saturated heterocycles. The molecule has 2 amide bonds. The lowest BCUT2D eigenvalue weighted by Crippen LogP contribution is -2.29. The molecule has 5 heteroatoms. The van der Waals surface area contributed by atoms with E-state index in [0.29, 0.717) is 16.8 Å². The van der Waals surface area contributed by atoms with Gasteiger partial charge in [0, 0.05) is 0 Å². The van der Waals surface area contributed by atoms with Crippen LogP contribution < -0.4 is 4.90 Å². The molecule has 0 bridgehead atoms. The molecule has 4 nitrogen and oxygen atoms in total. The molecule has 0 unspecified atom stereocenters. The first-order valence-electron chi connectivity index (χ1n) is 7.06. The summed E-state index contributed by atoms with van der Waals surface area (Å²) in [4.78, 5) is 30.7. The minimum absolute atomic E-state index is 0.264. The maximum atomic E-state index is 12.5. The summed E-state index contributed by atoms with van der Waals surface area (Å²) in [7, 11) is 0. The molecule has 0 N–H and O–H groups in total. The molecular weight excluding hydrogens is 296 g/mol. The van der Waals surface area contributed by atoms with Gasteiger partial charge in [0.15, 0.2) is 0 Å². The number of anilines is 1. The van der Waals surface area contributed by atoms with Crippen LogP contribution in [0.3, 0.4) is 0 Å². The molecule has 0 spiro atoms. The quantitative estimate of drug-likeness (QED) is 0.679. The van der Waals surface area contributed by atoms with Crippen LogP contribution in [0.4, 0.5) is 5.69 Å². The van der Waals surface area contributed by atoms with Gasteiger partial charge in [-0.15, -0.1) is 11.3 Å². The smallest absolute Gasteiger partial charge is 0.266 e. The Bertz CT molecular complexity index is 894. The second kappa shape index (κ2) is 4.74. The van der Waals surface area contributed by atoms with Gasteiger partial charge in [0.1, 0.15) is 0 Å². The number of rotatable bonds is 2. The second-order valence-corrected chi connectivity index (χ2v) is 6.22. The molecule has 0 fully saturated rings. The summed E-state index contributed by atoms with van der Waals surface area (Å²) < 4.78 is 0.992. The van der Waals surface area contributed by atoms with Gasteiger partial charge in [-0.05, 0) is 36.8 Å². The molecule has 0 atom stereocenters. The van der Waals surface area contributed by atoms with Gasteiger partial charge in [0.05, 0.1) is 32.0 Å². The highest BCUT2D eigenvalue weighted by atomic mass is 32.1. The molecule has 1 aliphatic rings. The molecule has 0 radical (unpaired) electrons. The Balaban J connectivity index is 1.82. The number of benzene rings is 2. The number of carbonyl (C=O) groups excluding carboxylic acids is 2. The third-order valence-corrected chi connectivity index (χ3v) is 4.93. The van der Waals surface area contributed by atoms with Crippen LogP contribution in [0.25, 0.3) is 10.2 Å². The molecule has 2 aromatic carbocycles. The maximum absolute atomic E-state index is 12.5. The van der Waals surface area contributed by atoms with Crippen molar-refractivity contribution in [1.82, 2.24) is 4.98 Å². The number of hydrogen-bond donors (Lipinski definition) is 0. The Hall–Kier alpha value is -2.53. The molecule has 3 aromatic rings. The Labute approximate surface area is 131 Å². The van der Waals surface area contributed by atoms with Crippen LogP contribution in [-0.2, 0) is 6.42 Å². The van der Waals surface area contributed by atoms with Crippen molar-refractivity contribution in [2.75, 3.05) is 4.90 Å². The predicted octanol–water partition coefficient (Wildman–Crippen LogP) is 3.66. The topological polar surface area (TPSA) is 50.3 Å². The fourth-order valence-corrected chi connectivity index (χ4v) is 3.62. The van der Waals surface area contributed by atoms with E-state index in [1.54, 1.807) is 41.7 Å². The first-order chi connectivity index (χ1) is 10.7. The molecule has 1 aliphatic heterocycles. The Morgan fingerprint density at radius 1 is 1.05 bits per heavy atom. The lowest BCUT2D eigenvalue weighted by atomic mass is 10.1. The molecule has 0 saturated carbocycles. The van der Waals surface area contributed by atoms with Gasteiger partial charge in [0.25, 0.3) is 11.8 Å². The summed E-state index contributed by atoms with van der Waals surface area (Å²) >= 11 is 1.60. The van der Waals surface area contributed by atoms with Crippen molar-refractivity contribution >= 4 is 39.1 Å². The van der Waals surface area contributed by atoms with Crippen LogP contribution in [0.5, 0.6) is 0 Å². The SMILES string of the molecule is CCc1nc2ccc(N3C(=O)c4ccccc4C3=O)cc2s1. The zero-order valence-corrected chi connectivity index (χ0v) is 12.7. The van der Waals surface area contributed by atoms with E-state index in [1.807, 2.05) is 12.1 Å². The summed E-state index contributed by atoms with van der Waals surface area (Å²) in [5.41, 5.74) is 2.43. The van der Waals surface area contributed by atoms with E-state index in [0.717, 1.165) is 21.6 Å². The number of hydrogen-bond acceptors (Lipinski definition) is 4. The van der Waals surface area contributed by atoms with Gasteiger partial charge >= 0.3 is 0 Å². The molecule has 4 rings (SSSR count). The number of amides is 2. The van der Waals surface area contributed by atoms with Gasteiger partial charge < -0.3 is 0 Å². The predicted molar refractivity (Wildman–Crippen MR) is 86.6 cm³/mol. The van der Waals surface area contributed by atoms with Gasteiger partial charge in [0.2, 0.25) is 0 Å². The van der Waals surface area contributed by atoms with E-state index >= 15 is 0 Å². The van der Waals surface area contributed by atoms with Crippen LogP contribution in [0.2, 0.25) is 0 Å². The highest BCUT2D eigenvalue weighted by Crippen LogP contribution is 2.32. The molecule has 0 aliphatic carbocycles. The molecule has 108 valence electrons. The molecule has 2 heterocycles. The number of nitrogens with zero attached hydrogens (tertiary/aromatic N) is 2. The summed E-state index contributed by atoms with van der Waals surface area (Å²) in [6.07, 6.45) is 0.877. The van der Waals surface area contributed by atoms with E-state index in [4.69, 9.17) is 0 Å². The summed E-state index contributed by atoms with van der Waals surface area (Å²) in [6.45, 7) is 2.06. The third-order valence-electron chi connectivity index (χ3n) is 3.77. The summed E-state index contributed by atoms with van der Waals surface area (Å²) in [6, 6.07) is 12.4. The van der Waals surface area contributed by atoms with Gasteiger partial charge in [-0.25, -0.2) is 9.88 Å². The molecular formula is C17H12N2O2S. The second-order valence-electron chi connectivity index (χ2n) is 5.10. The van der Waals surface area contributed by atoms with E-state index in [1.165, 1.54) is 4.90 Å². The van der Waals surface area contributed by atoms with E-state index in [-0.39, 0.29) is 11.8 Å². The van der Waals surface area contributed by atoms with Crippen molar-refractivity contribution < 1.29 is 9.59 Å². The Morgan fingerprint density at radius 2 is 1.73 bits per heavy atom. The summed E-state index contributed by atoms with van der Waals surface area (Å²) in [5, 5.41) is 1.05. The lowest BCUT2D eigenvalue weighted by Gasteiger charge is -2.13. The van der Waals surface area contributed by atoms with E-state index < -0.39 is 0 Å². The van der Waals surface area contributed by atoms with Gasteiger partial charge in [-0.3, -0.25) is 9.59 Å². The number of carbonyl (C=O) groups is 2. The third kappa shape index (κ3) is 1.79. The Kier molecular flexibility index (Phi) is 2.84. The van der Waals surface area contributed by atoms with Crippen LogP contribution in [0, 0.1) is 0 Å². The zero-order valence-electron chi connectivity index (χ0n) is 11.9. The van der Waals surface area contributed by atoms with Crippen LogP contribution in [0.15, 0.2) is 42.5 Å². The highest BCUT2D eigenvalue weighted by Gasteiger charge is 2.36. The van der Waals surface area contributed by atoms with E-state index in [2.05, 4.69) is 11.9 Å². The zero-order chi connectivity index (χ0) is 15.3. The lowest BCUT2D eigenvalue weighted by molar-refractivity contribution is 0.0926. The minimum Gasteiger partial charge on any atom is -0.268 e. The van der Waals surface area contributed by atoms with Gasteiger partial charge in [-0.1, -0.05) is 19.1 Å². The normalized spacial score (nSPS) is 14.0. The van der Waals surface area contributed by atoms with Crippen molar-refractivity contribution in [3.63, 3.8) is 0 Å². The number of thiazole rings is 1. The van der Waals surface area contributed by atoms with Gasteiger partial charge in [-0.2, -0.15) is 0 Å². The highest BCUT2D eigenvalue weighted by molar-refractivity contribution is 7.18.